The van der Waals surface area contributed by atoms with Gasteiger partial charge in [-0.25, -0.2) is 0 Å². The molecule has 4 heteroatoms. The molecule has 0 amide bonds. The van der Waals surface area contributed by atoms with Crippen LogP contribution in [0.1, 0.15) is 217 Å². The SMILES string of the molecule is CCCCCCCCCCCCCCCCC(CCCCCCCCCCCCCC)COC(=O)CC(c1ccc(O)cc1)c1ccc(O)cc1. The molecule has 0 aromatic heterocycles. The summed E-state index contributed by atoms with van der Waals surface area (Å²) in [5.41, 5.74) is 1.90. The quantitative estimate of drug-likeness (QED) is 0.0561. The Hall–Kier alpha value is -2.49. The van der Waals surface area contributed by atoms with E-state index in [1.165, 1.54) is 167 Å². The van der Waals surface area contributed by atoms with Gasteiger partial charge in [-0.1, -0.05) is 205 Å². The van der Waals surface area contributed by atoms with E-state index in [0.717, 1.165) is 24.0 Å². The van der Waals surface area contributed by atoms with Crippen LogP contribution in [-0.2, 0) is 9.53 Å². The normalized spacial score (nSPS) is 12.1. The van der Waals surface area contributed by atoms with E-state index in [-0.39, 0.29) is 29.8 Å². The van der Waals surface area contributed by atoms with Crippen LogP contribution in [0.2, 0.25) is 0 Å². The topological polar surface area (TPSA) is 66.8 Å². The fourth-order valence-corrected chi connectivity index (χ4v) is 7.49. The number of benzene rings is 2. The zero-order valence-electron chi connectivity index (χ0n) is 33.2. The van der Waals surface area contributed by atoms with Crippen LogP contribution >= 0.6 is 0 Å². The highest BCUT2D eigenvalue weighted by atomic mass is 16.5. The molecule has 51 heavy (non-hydrogen) atoms. The number of carbonyl (C=O) groups is 1. The minimum atomic E-state index is -0.195. The van der Waals surface area contributed by atoms with E-state index in [2.05, 4.69) is 13.8 Å². The summed E-state index contributed by atoms with van der Waals surface area (Å²) < 4.78 is 6.01. The number of esters is 1. The number of aromatic hydroxyl groups is 2. The Morgan fingerprint density at radius 3 is 1.08 bits per heavy atom. The zero-order chi connectivity index (χ0) is 36.6. The van der Waals surface area contributed by atoms with Gasteiger partial charge in [0.1, 0.15) is 11.5 Å². The van der Waals surface area contributed by atoms with Gasteiger partial charge in [0.25, 0.3) is 0 Å². The smallest absolute Gasteiger partial charge is 0.306 e. The number of phenols is 2. The first kappa shape index (κ1) is 44.7. The van der Waals surface area contributed by atoms with Crippen LogP contribution in [0, 0.1) is 5.92 Å². The number of unbranched alkanes of at least 4 members (excludes halogenated alkanes) is 24. The van der Waals surface area contributed by atoms with Crippen LogP contribution in [0.5, 0.6) is 11.5 Å². The molecule has 0 spiro atoms. The molecule has 0 saturated carbocycles. The van der Waals surface area contributed by atoms with Gasteiger partial charge in [-0.05, 0) is 54.2 Å². The lowest BCUT2D eigenvalue weighted by Crippen LogP contribution is -2.17. The third-order valence-corrected chi connectivity index (χ3v) is 10.9. The van der Waals surface area contributed by atoms with Crippen molar-refractivity contribution in [2.45, 2.75) is 206 Å². The highest BCUT2D eigenvalue weighted by Gasteiger charge is 2.21. The largest absolute Gasteiger partial charge is 0.508 e. The molecule has 0 aliphatic rings. The predicted octanol–water partition coefficient (Wildman–Crippen LogP) is 14.7. The summed E-state index contributed by atoms with van der Waals surface area (Å²) >= 11 is 0. The molecule has 0 bridgehead atoms. The monoisotopic (exact) mass is 707 g/mol. The summed E-state index contributed by atoms with van der Waals surface area (Å²) in [6.45, 7) is 5.08. The number of hydrogen-bond donors (Lipinski definition) is 2. The summed E-state index contributed by atoms with van der Waals surface area (Å²) in [7, 11) is 0. The van der Waals surface area contributed by atoms with Crippen molar-refractivity contribution in [3.05, 3.63) is 59.7 Å². The Bertz CT molecular complexity index is 1020. The number of hydrogen-bond acceptors (Lipinski definition) is 4. The summed E-state index contributed by atoms with van der Waals surface area (Å²) in [4.78, 5) is 13.3. The summed E-state index contributed by atoms with van der Waals surface area (Å²) in [6, 6.07) is 14.1. The summed E-state index contributed by atoms with van der Waals surface area (Å²) in [5, 5.41) is 19.7. The second-order valence-corrected chi connectivity index (χ2v) is 15.6. The van der Waals surface area contributed by atoms with Gasteiger partial charge in [0.15, 0.2) is 0 Å². The van der Waals surface area contributed by atoms with Crippen molar-refractivity contribution in [1.82, 2.24) is 0 Å². The van der Waals surface area contributed by atoms with Gasteiger partial charge >= 0.3 is 5.97 Å². The van der Waals surface area contributed by atoms with E-state index >= 15 is 0 Å². The Kier molecular flexibility index (Phi) is 27.2. The molecule has 1 atom stereocenters. The van der Waals surface area contributed by atoms with Crippen LogP contribution in [0.4, 0.5) is 0 Å². The molecule has 4 nitrogen and oxygen atoms in total. The van der Waals surface area contributed by atoms with Crippen molar-refractivity contribution in [3.63, 3.8) is 0 Å². The standard InChI is InChI=1S/C47H78O4/c1-3-5-7-9-11-13-15-17-18-20-22-24-26-28-30-41(29-27-25-23-21-19-16-14-12-10-8-6-4-2)40-51-47(50)39-46(42-31-35-44(48)36-32-42)43-33-37-45(49)38-34-43/h31-38,41,46,48-49H,3-30,39-40H2,1-2H3. The third kappa shape index (κ3) is 23.6. The molecule has 2 N–H and O–H groups in total. The minimum absolute atomic E-state index is 0.179. The van der Waals surface area contributed by atoms with Gasteiger partial charge < -0.3 is 14.9 Å². The fraction of sp³-hybridized carbons (Fsp3) is 0.723. The molecule has 0 radical (unpaired) electrons. The van der Waals surface area contributed by atoms with Gasteiger partial charge in [0.2, 0.25) is 0 Å². The molecule has 0 aliphatic carbocycles. The Balaban J connectivity index is 1.75. The van der Waals surface area contributed by atoms with Crippen molar-refractivity contribution in [1.29, 1.82) is 0 Å². The first-order valence-corrected chi connectivity index (χ1v) is 21.8. The number of ether oxygens (including phenoxy) is 1. The lowest BCUT2D eigenvalue weighted by atomic mass is 9.88. The lowest BCUT2D eigenvalue weighted by Gasteiger charge is -2.20. The van der Waals surface area contributed by atoms with E-state index < -0.39 is 0 Å². The van der Waals surface area contributed by atoms with Gasteiger partial charge in [-0.2, -0.15) is 0 Å². The Morgan fingerprint density at radius 2 is 0.765 bits per heavy atom. The van der Waals surface area contributed by atoms with Crippen molar-refractivity contribution < 1.29 is 19.7 Å². The van der Waals surface area contributed by atoms with E-state index in [1.807, 2.05) is 24.3 Å². The zero-order valence-corrected chi connectivity index (χ0v) is 33.2. The maximum absolute atomic E-state index is 13.3. The number of carbonyl (C=O) groups excluding carboxylic acids is 1. The van der Waals surface area contributed by atoms with Crippen molar-refractivity contribution >= 4 is 5.97 Å². The van der Waals surface area contributed by atoms with Gasteiger partial charge in [0, 0.05) is 5.92 Å². The summed E-state index contributed by atoms with van der Waals surface area (Å²) in [6.07, 6.45) is 38.0. The molecular formula is C47H78O4. The van der Waals surface area contributed by atoms with Crippen molar-refractivity contribution in [2.75, 3.05) is 6.61 Å². The van der Waals surface area contributed by atoms with Crippen LogP contribution in [0.3, 0.4) is 0 Å². The van der Waals surface area contributed by atoms with Gasteiger partial charge in [-0.15, -0.1) is 0 Å². The fourth-order valence-electron chi connectivity index (χ4n) is 7.49. The molecule has 0 aliphatic heterocycles. The molecule has 2 aromatic rings. The first-order valence-electron chi connectivity index (χ1n) is 21.8. The highest BCUT2D eigenvalue weighted by molar-refractivity contribution is 5.71. The van der Waals surface area contributed by atoms with Crippen LogP contribution in [0.25, 0.3) is 0 Å². The Morgan fingerprint density at radius 1 is 0.471 bits per heavy atom. The molecule has 0 saturated heterocycles. The predicted molar refractivity (Wildman–Crippen MR) is 218 cm³/mol. The highest BCUT2D eigenvalue weighted by Crippen LogP contribution is 2.31. The molecule has 2 rings (SSSR count). The number of rotatable bonds is 34. The van der Waals surface area contributed by atoms with Crippen molar-refractivity contribution in [3.8, 4) is 11.5 Å². The van der Waals surface area contributed by atoms with E-state index in [9.17, 15) is 15.0 Å². The van der Waals surface area contributed by atoms with Crippen molar-refractivity contribution in [2.24, 2.45) is 5.92 Å². The average Bonchev–Trinajstić information content (AvgIpc) is 3.14. The van der Waals surface area contributed by atoms with Gasteiger partial charge in [0.05, 0.1) is 13.0 Å². The average molecular weight is 707 g/mol. The molecular weight excluding hydrogens is 629 g/mol. The van der Waals surface area contributed by atoms with Crippen LogP contribution < -0.4 is 0 Å². The molecule has 0 heterocycles. The van der Waals surface area contributed by atoms with Gasteiger partial charge in [-0.3, -0.25) is 4.79 Å². The maximum Gasteiger partial charge on any atom is 0.306 e. The lowest BCUT2D eigenvalue weighted by molar-refractivity contribution is -0.145. The maximum atomic E-state index is 13.3. The van der Waals surface area contributed by atoms with E-state index in [0.29, 0.717) is 12.5 Å². The number of phenolic OH excluding ortho intramolecular Hbond substituents is 2. The molecule has 0 fully saturated rings. The Labute approximate surface area is 314 Å². The molecule has 290 valence electrons. The van der Waals surface area contributed by atoms with E-state index in [4.69, 9.17) is 4.74 Å². The van der Waals surface area contributed by atoms with E-state index in [1.54, 1.807) is 24.3 Å². The molecule has 1 unspecified atom stereocenters. The van der Waals surface area contributed by atoms with Crippen LogP contribution in [-0.4, -0.2) is 22.8 Å². The second-order valence-electron chi connectivity index (χ2n) is 15.6. The molecule has 2 aromatic carbocycles. The summed E-state index contributed by atoms with van der Waals surface area (Å²) in [5.74, 6) is 0.459. The second kappa shape index (κ2) is 31.1. The first-order chi connectivity index (χ1) is 25.0. The third-order valence-electron chi connectivity index (χ3n) is 10.9. The van der Waals surface area contributed by atoms with Crippen LogP contribution in [0.15, 0.2) is 48.5 Å². The minimum Gasteiger partial charge on any atom is -0.508 e.